The number of hydrogen-bond donors (Lipinski definition) is 1. The van der Waals surface area contributed by atoms with Gasteiger partial charge in [0.05, 0.1) is 19.6 Å². The van der Waals surface area contributed by atoms with E-state index in [4.69, 9.17) is 4.74 Å². The van der Waals surface area contributed by atoms with Crippen molar-refractivity contribution in [3.05, 3.63) is 88.5 Å². The van der Waals surface area contributed by atoms with Crippen molar-refractivity contribution in [2.24, 2.45) is 5.92 Å². The molecule has 3 aromatic rings. The summed E-state index contributed by atoms with van der Waals surface area (Å²) in [4.78, 5) is 29.8. The fraction of sp³-hybridized carbons (Fsp3) is 0.333. The van der Waals surface area contributed by atoms with Gasteiger partial charge in [0.1, 0.15) is 12.4 Å². The van der Waals surface area contributed by atoms with Crippen molar-refractivity contribution >= 4 is 23.3 Å². The van der Waals surface area contributed by atoms with E-state index < -0.39 is 0 Å². The Labute approximate surface area is 213 Å². The summed E-state index contributed by atoms with van der Waals surface area (Å²) in [7, 11) is 0. The molecular weight excluding hydrogens is 450 g/mol. The molecule has 0 saturated heterocycles. The third-order valence-corrected chi connectivity index (χ3v) is 6.47. The van der Waals surface area contributed by atoms with E-state index in [1.165, 1.54) is 0 Å². The lowest BCUT2D eigenvalue weighted by Gasteiger charge is -2.26. The van der Waals surface area contributed by atoms with E-state index in [2.05, 4.69) is 5.32 Å². The van der Waals surface area contributed by atoms with E-state index in [1.54, 1.807) is 4.90 Å². The topological polar surface area (TPSA) is 61.9 Å². The molecule has 0 aliphatic carbocycles. The van der Waals surface area contributed by atoms with Gasteiger partial charge in [-0.1, -0.05) is 49.7 Å². The van der Waals surface area contributed by atoms with Crippen molar-refractivity contribution in [1.82, 2.24) is 4.90 Å². The number of hydrogen-bond acceptors (Lipinski definition) is 3. The van der Waals surface area contributed by atoms with Gasteiger partial charge in [0.15, 0.2) is 0 Å². The zero-order chi connectivity index (χ0) is 25.8. The molecule has 0 aromatic heterocycles. The first kappa shape index (κ1) is 25.3. The van der Waals surface area contributed by atoms with Crippen LogP contribution in [-0.2, 0) is 17.9 Å². The molecule has 3 aromatic carbocycles. The van der Waals surface area contributed by atoms with Crippen molar-refractivity contribution in [1.29, 1.82) is 0 Å². The number of fused-ring (bicyclic) bond motifs is 1. The van der Waals surface area contributed by atoms with Gasteiger partial charge in [0, 0.05) is 22.9 Å². The van der Waals surface area contributed by atoms with E-state index >= 15 is 0 Å². The van der Waals surface area contributed by atoms with E-state index in [9.17, 15) is 9.59 Å². The Kier molecular flexibility index (Phi) is 7.63. The first-order valence-electron chi connectivity index (χ1n) is 12.5. The standard InChI is InChI=1S/C30H35N3O3/c1-20(2)29(34)33(26-11-7-21(3)8-12-26)18-24-10-13-28-25(17-24)19-32(14-15-36-28)30(35)31-27-16-22(4)6-9-23(27)5/h6-13,16-17,20H,14-15,18-19H2,1-5H3,(H,31,35). The molecule has 188 valence electrons. The number of ether oxygens (including phenoxy) is 1. The summed E-state index contributed by atoms with van der Waals surface area (Å²) >= 11 is 0. The van der Waals surface area contributed by atoms with Crippen LogP contribution >= 0.6 is 0 Å². The van der Waals surface area contributed by atoms with Gasteiger partial charge in [-0.15, -0.1) is 0 Å². The minimum absolute atomic E-state index is 0.0691. The Bertz CT molecular complexity index is 1250. The number of amides is 3. The monoisotopic (exact) mass is 485 g/mol. The normalized spacial score (nSPS) is 13.0. The van der Waals surface area contributed by atoms with Gasteiger partial charge in [-0.25, -0.2) is 4.79 Å². The predicted molar refractivity (Wildman–Crippen MR) is 144 cm³/mol. The van der Waals surface area contributed by atoms with Crippen LogP contribution in [-0.4, -0.2) is 30.0 Å². The highest BCUT2D eigenvalue weighted by Crippen LogP contribution is 2.28. The number of urea groups is 1. The van der Waals surface area contributed by atoms with Crippen molar-refractivity contribution in [2.45, 2.75) is 47.7 Å². The second kappa shape index (κ2) is 10.9. The summed E-state index contributed by atoms with van der Waals surface area (Å²) < 4.78 is 5.96. The first-order chi connectivity index (χ1) is 17.2. The zero-order valence-corrected chi connectivity index (χ0v) is 21.8. The van der Waals surface area contributed by atoms with Gasteiger partial charge >= 0.3 is 6.03 Å². The average Bonchev–Trinajstić information content (AvgIpc) is 3.07. The molecule has 1 aliphatic heterocycles. The lowest BCUT2D eigenvalue weighted by atomic mass is 10.1. The number of anilines is 2. The third-order valence-electron chi connectivity index (χ3n) is 6.47. The quantitative estimate of drug-likeness (QED) is 0.466. The number of benzene rings is 3. The van der Waals surface area contributed by atoms with Gasteiger partial charge < -0.3 is 19.9 Å². The lowest BCUT2D eigenvalue weighted by Crippen LogP contribution is -2.36. The van der Waals surface area contributed by atoms with Gasteiger partial charge in [-0.2, -0.15) is 0 Å². The number of aryl methyl sites for hydroxylation is 3. The summed E-state index contributed by atoms with van der Waals surface area (Å²) in [5.74, 6) is 0.720. The molecule has 0 atom stereocenters. The van der Waals surface area contributed by atoms with Crippen LogP contribution in [0.1, 0.15) is 41.7 Å². The van der Waals surface area contributed by atoms with E-state index in [1.807, 2.05) is 100 Å². The molecule has 1 heterocycles. The maximum absolute atomic E-state index is 13.1. The van der Waals surface area contributed by atoms with Crippen molar-refractivity contribution in [3.8, 4) is 5.75 Å². The van der Waals surface area contributed by atoms with Crippen LogP contribution in [0.5, 0.6) is 5.75 Å². The highest BCUT2D eigenvalue weighted by molar-refractivity contribution is 5.94. The fourth-order valence-corrected chi connectivity index (χ4v) is 4.30. The Hall–Kier alpha value is -3.80. The molecule has 0 radical (unpaired) electrons. The van der Waals surface area contributed by atoms with Crippen LogP contribution in [0.4, 0.5) is 16.2 Å². The second-order valence-electron chi connectivity index (χ2n) is 9.88. The van der Waals surface area contributed by atoms with E-state index in [0.717, 1.165) is 44.9 Å². The highest BCUT2D eigenvalue weighted by atomic mass is 16.5. The smallest absolute Gasteiger partial charge is 0.322 e. The SMILES string of the molecule is Cc1ccc(N(Cc2ccc3c(c2)CN(C(=O)Nc2cc(C)ccc2C)CCO3)C(=O)C(C)C)cc1. The molecular formula is C30H35N3O3. The van der Waals surface area contributed by atoms with E-state index in [-0.39, 0.29) is 17.9 Å². The second-order valence-corrected chi connectivity index (χ2v) is 9.88. The molecule has 0 bridgehead atoms. The Balaban J connectivity index is 1.55. The molecule has 6 nitrogen and oxygen atoms in total. The number of nitrogens with one attached hydrogen (secondary N) is 1. The van der Waals surface area contributed by atoms with Crippen molar-refractivity contribution in [3.63, 3.8) is 0 Å². The van der Waals surface area contributed by atoms with Gasteiger partial charge in [0.25, 0.3) is 0 Å². The highest BCUT2D eigenvalue weighted by Gasteiger charge is 2.23. The average molecular weight is 486 g/mol. The number of carbonyl (C=O) groups excluding carboxylic acids is 2. The van der Waals surface area contributed by atoms with Crippen LogP contribution in [0.3, 0.4) is 0 Å². The molecule has 1 aliphatic rings. The summed E-state index contributed by atoms with van der Waals surface area (Å²) in [5.41, 5.74) is 6.88. The molecule has 4 rings (SSSR count). The lowest BCUT2D eigenvalue weighted by molar-refractivity contribution is -0.121. The van der Waals surface area contributed by atoms with Crippen LogP contribution in [0, 0.1) is 26.7 Å². The number of carbonyl (C=O) groups is 2. The molecule has 0 fully saturated rings. The van der Waals surface area contributed by atoms with Crippen molar-refractivity contribution in [2.75, 3.05) is 23.4 Å². The minimum Gasteiger partial charge on any atom is -0.491 e. The molecule has 6 heteroatoms. The Morgan fingerprint density at radius 2 is 1.69 bits per heavy atom. The molecule has 0 unspecified atom stereocenters. The zero-order valence-electron chi connectivity index (χ0n) is 21.8. The van der Waals surface area contributed by atoms with Gasteiger partial charge in [0.2, 0.25) is 5.91 Å². The fourth-order valence-electron chi connectivity index (χ4n) is 4.30. The molecule has 3 amide bonds. The van der Waals surface area contributed by atoms with Gasteiger partial charge in [-0.3, -0.25) is 4.79 Å². The van der Waals surface area contributed by atoms with Crippen LogP contribution < -0.4 is 15.0 Å². The third kappa shape index (κ3) is 5.88. The first-order valence-corrected chi connectivity index (χ1v) is 12.5. The molecule has 0 spiro atoms. The predicted octanol–water partition coefficient (Wildman–Crippen LogP) is 6.23. The molecule has 1 N–H and O–H groups in total. The molecule has 0 saturated carbocycles. The maximum atomic E-state index is 13.1. The number of rotatable bonds is 5. The number of nitrogens with zero attached hydrogens (tertiary/aromatic N) is 2. The van der Waals surface area contributed by atoms with Crippen LogP contribution in [0.2, 0.25) is 0 Å². The summed E-state index contributed by atoms with van der Waals surface area (Å²) in [6.07, 6.45) is 0. The van der Waals surface area contributed by atoms with Gasteiger partial charge in [-0.05, 0) is 67.8 Å². The summed E-state index contributed by atoms with van der Waals surface area (Å²) in [5, 5.41) is 3.06. The van der Waals surface area contributed by atoms with E-state index in [0.29, 0.717) is 26.2 Å². The Morgan fingerprint density at radius 1 is 0.972 bits per heavy atom. The maximum Gasteiger partial charge on any atom is 0.322 e. The summed E-state index contributed by atoms with van der Waals surface area (Å²) in [6, 6.07) is 19.9. The Morgan fingerprint density at radius 3 is 2.42 bits per heavy atom. The van der Waals surface area contributed by atoms with Crippen molar-refractivity contribution < 1.29 is 14.3 Å². The minimum atomic E-state index is -0.151. The summed E-state index contributed by atoms with van der Waals surface area (Å²) in [6.45, 7) is 11.7. The van der Waals surface area contributed by atoms with Crippen LogP contribution in [0.15, 0.2) is 60.7 Å². The molecule has 36 heavy (non-hydrogen) atoms. The largest absolute Gasteiger partial charge is 0.491 e. The van der Waals surface area contributed by atoms with Crippen LogP contribution in [0.25, 0.3) is 0 Å².